The third-order valence-corrected chi connectivity index (χ3v) is 6.98. The van der Waals surface area contributed by atoms with Crippen LogP contribution in [-0.4, -0.2) is 32.5 Å². The van der Waals surface area contributed by atoms with Gasteiger partial charge in [-0.2, -0.15) is 4.31 Å². The van der Waals surface area contributed by atoms with Gasteiger partial charge in [-0.25, -0.2) is 8.42 Å². The summed E-state index contributed by atoms with van der Waals surface area (Å²) in [5.41, 5.74) is 0.934. The van der Waals surface area contributed by atoms with Gasteiger partial charge < -0.3 is 4.74 Å². The first-order valence-electron chi connectivity index (χ1n) is 6.49. The molecule has 4 nitrogen and oxygen atoms in total. The van der Waals surface area contributed by atoms with E-state index in [0.717, 1.165) is 16.9 Å². The van der Waals surface area contributed by atoms with Crippen LogP contribution < -0.4 is 0 Å². The summed E-state index contributed by atoms with van der Waals surface area (Å²) < 4.78 is 33.3. The molecule has 1 aromatic heterocycles. The van der Waals surface area contributed by atoms with Crippen molar-refractivity contribution >= 4 is 33.0 Å². The van der Waals surface area contributed by atoms with Crippen molar-refractivity contribution in [1.82, 2.24) is 4.31 Å². The fraction of sp³-hybridized carbons (Fsp3) is 0.286. The number of morpholine rings is 1. The van der Waals surface area contributed by atoms with Gasteiger partial charge in [-0.15, -0.1) is 11.3 Å². The van der Waals surface area contributed by atoms with Crippen LogP contribution in [0.4, 0.5) is 0 Å². The number of thiophene rings is 1. The maximum Gasteiger partial charge on any atom is 0.253 e. The number of halogens is 1. The molecule has 0 radical (unpaired) electrons. The van der Waals surface area contributed by atoms with Crippen LogP contribution in [0.25, 0.3) is 0 Å². The highest BCUT2D eigenvalue weighted by atomic mass is 35.5. The van der Waals surface area contributed by atoms with Gasteiger partial charge in [0.05, 0.1) is 23.6 Å². The largest absolute Gasteiger partial charge is 0.378 e. The number of hydrogen-bond acceptors (Lipinski definition) is 4. The Bertz CT molecular complexity index is 715. The molecule has 1 aliphatic heterocycles. The molecule has 1 saturated heterocycles. The van der Waals surface area contributed by atoms with Gasteiger partial charge in [-0.1, -0.05) is 41.9 Å². The molecule has 1 atom stereocenters. The van der Waals surface area contributed by atoms with Gasteiger partial charge in [0.15, 0.2) is 0 Å². The number of hydrogen-bond donors (Lipinski definition) is 0. The van der Waals surface area contributed by atoms with E-state index in [1.807, 2.05) is 30.3 Å². The Labute approximate surface area is 133 Å². The van der Waals surface area contributed by atoms with Crippen molar-refractivity contribution in [3.63, 3.8) is 0 Å². The molecule has 2 heterocycles. The molecule has 0 N–H and O–H groups in total. The first-order chi connectivity index (χ1) is 10.1. The standard InChI is InChI=1S/C14H14ClNO3S2/c15-13-6-7-14(20-13)21(17,18)16-8-9-19-10-12(16)11-4-2-1-3-5-11/h1-7,12H,8-10H2. The second-order valence-corrected chi connectivity index (χ2v) is 8.51. The smallest absolute Gasteiger partial charge is 0.253 e. The van der Waals surface area contributed by atoms with Crippen molar-refractivity contribution < 1.29 is 13.2 Å². The predicted octanol–water partition coefficient (Wildman–Crippen LogP) is 3.16. The minimum atomic E-state index is -3.55. The highest BCUT2D eigenvalue weighted by Crippen LogP contribution is 2.34. The van der Waals surface area contributed by atoms with Crippen LogP contribution in [0, 0.1) is 0 Å². The quantitative estimate of drug-likeness (QED) is 0.860. The summed E-state index contributed by atoms with van der Waals surface area (Å²) in [6.45, 7) is 1.11. The van der Waals surface area contributed by atoms with E-state index in [9.17, 15) is 8.42 Å². The summed E-state index contributed by atoms with van der Waals surface area (Å²) in [7, 11) is -3.55. The van der Waals surface area contributed by atoms with Crippen molar-refractivity contribution in [2.45, 2.75) is 10.3 Å². The molecule has 1 aliphatic rings. The third-order valence-electron chi connectivity index (χ3n) is 3.38. The zero-order valence-electron chi connectivity index (χ0n) is 11.1. The summed E-state index contributed by atoms with van der Waals surface area (Å²) in [6.07, 6.45) is 0. The van der Waals surface area contributed by atoms with E-state index < -0.39 is 10.0 Å². The summed E-state index contributed by atoms with van der Waals surface area (Å²) in [5, 5.41) is 0. The van der Waals surface area contributed by atoms with E-state index >= 15 is 0 Å². The second kappa shape index (κ2) is 6.06. The Morgan fingerprint density at radius 3 is 2.62 bits per heavy atom. The van der Waals surface area contributed by atoms with Crippen LogP contribution in [-0.2, 0) is 14.8 Å². The Hall–Kier alpha value is -0.920. The van der Waals surface area contributed by atoms with Crippen molar-refractivity contribution in [1.29, 1.82) is 0 Å². The maximum atomic E-state index is 12.8. The van der Waals surface area contributed by atoms with Gasteiger partial charge in [-0.05, 0) is 17.7 Å². The zero-order valence-corrected chi connectivity index (χ0v) is 13.5. The first-order valence-corrected chi connectivity index (χ1v) is 9.12. The molecule has 2 aromatic rings. The topological polar surface area (TPSA) is 46.6 Å². The van der Waals surface area contributed by atoms with Gasteiger partial charge in [-0.3, -0.25) is 0 Å². The van der Waals surface area contributed by atoms with Crippen LogP contribution >= 0.6 is 22.9 Å². The molecule has 7 heteroatoms. The molecule has 0 spiro atoms. The first kappa shape index (κ1) is 15.0. The SMILES string of the molecule is O=S(=O)(c1ccc(Cl)s1)N1CCOCC1c1ccccc1. The minimum Gasteiger partial charge on any atom is -0.378 e. The summed E-state index contributed by atoms with van der Waals surface area (Å²) in [4.78, 5) is 0. The van der Waals surface area contributed by atoms with Gasteiger partial charge in [0.1, 0.15) is 4.21 Å². The molecule has 0 amide bonds. The van der Waals surface area contributed by atoms with Crippen LogP contribution in [0.3, 0.4) is 0 Å². The van der Waals surface area contributed by atoms with E-state index in [4.69, 9.17) is 16.3 Å². The lowest BCUT2D eigenvalue weighted by molar-refractivity contribution is 0.0321. The highest BCUT2D eigenvalue weighted by molar-refractivity contribution is 7.91. The molecule has 1 aromatic carbocycles. The molecule has 3 rings (SSSR count). The Balaban J connectivity index is 1.98. The number of sulfonamides is 1. The van der Waals surface area contributed by atoms with Crippen LogP contribution in [0.15, 0.2) is 46.7 Å². The van der Waals surface area contributed by atoms with E-state index in [1.54, 1.807) is 12.1 Å². The molecule has 1 unspecified atom stereocenters. The average molecular weight is 344 g/mol. The molecule has 0 aliphatic carbocycles. The van der Waals surface area contributed by atoms with Gasteiger partial charge in [0.2, 0.25) is 0 Å². The fourth-order valence-electron chi connectivity index (χ4n) is 2.37. The summed E-state index contributed by atoms with van der Waals surface area (Å²) >= 11 is 6.95. The van der Waals surface area contributed by atoms with Crippen molar-refractivity contribution in [2.24, 2.45) is 0 Å². The molecule has 0 bridgehead atoms. The number of benzene rings is 1. The summed E-state index contributed by atoms with van der Waals surface area (Å²) in [5.74, 6) is 0. The lowest BCUT2D eigenvalue weighted by Crippen LogP contribution is -2.43. The lowest BCUT2D eigenvalue weighted by atomic mass is 10.1. The minimum absolute atomic E-state index is 0.273. The van der Waals surface area contributed by atoms with Gasteiger partial charge in [0, 0.05) is 6.54 Å². The molecule has 1 fully saturated rings. The van der Waals surface area contributed by atoms with Crippen LogP contribution in [0.2, 0.25) is 4.34 Å². The Morgan fingerprint density at radius 1 is 1.19 bits per heavy atom. The normalized spacial score (nSPS) is 20.5. The number of nitrogens with zero attached hydrogens (tertiary/aromatic N) is 1. The molecule has 21 heavy (non-hydrogen) atoms. The van der Waals surface area contributed by atoms with E-state index in [1.165, 1.54) is 4.31 Å². The predicted molar refractivity (Wildman–Crippen MR) is 83.2 cm³/mol. The highest BCUT2D eigenvalue weighted by Gasteiger charge is 2.35. The average Bonchev–Trinajstić information content (AvgIpc) is 2.95. The summed E-state index contributed by atoms with van der Waals surface area (Å²) in [6, 6.07) is 12.4. The monoisotopic (exact) mass is 343 g/mol. The Kier molecular flexibility index (Phi) is 4.33. The number of rotatable bonds is 3. The molecular weight excluding hydrogens is 330 g/mol. The maximum absolute atomic E-state index is 12.8. The number of ether oxygens (including phenoxy) is 1. The third kappa shape index (κ3) is 3.00. The van der Waals surface area contributed by atoms with E-state index in [-0.39, 0.29) is 10.3 Å². The van der Waals surface area contributed by atoms with E-state index in [0.29, 0.717) is 24.1 Å². The van der Waals surface area contributed by atoms with Crippen molar-refractivity contribution in [3.8, 4) is 0 Å². The van der Waals surface area contributed by atoms with Crippen molar-refractivity contribution in [2.75, 3.05) is 19.8 Å². The second-order valence-electron chi connectivity index (χ2n) is 4.68. The van der Waals surface area contributed by atoms with E-state index in [2.05, 4.69) is 0 Å². The zero-order chi connectivity index (χ0) is 14.9. The van der Waals surface area contributed by atoms with Gasteiger partial charge in [0.25, 0.3) is 10.0 Å². The molecule has 112 valence electrons. The van der Waals surface area contributed by atoms with Gasteiger partial charge >= 0.3 is 0 Å². The Morgan fingerprint density at radius 2 is 1.95 bits per heavy atom. The van der Waals surface area contributed by atoms with Crippen molar-refractivity contribution in [3.05, 3.63) is 52.4 Å². The lowest BCUT2D eigenvalue weighted by Gasteiger charge is -2.34. The fourth-order valence-corrected chi connectivity index (χ4v) is 5.56. The molecule has 0 saturated carbocycles. The molecular formula is C14H14ClNO3S2. The van der Waals surface area contributed by atoms with Crippen LogP contribution in [0.1, 0.15) is 11.6 Å². The van der Waals surface area contributed by atoms with Crippen LogP contribution in [0.5, 0.6) is 0 Å².